The molecule has 2 aromatic rings. The van der Waals surface area contributed by atoms with Gasteiger partial charge in [0.2, 0.25) is 5.28 Å². The number of rotatable bonds is 7. The minimum absolute atomic E-state index is 0.177. The van der Waals surface area contributed by atoms with Crippen LogP contribution in [-0.4, -0.2) is 73.8 Å². The number of ether oxygens (including phenoxy) is 2. The van der Waals surface area contributed by atoms with Crippen LogP contribution in [0.3, 0.4) is 0 Å². The molecule has 0 bridgehead atoms. The first-order chi connectivity index (χ1) is 15.9. The Bertz CT molecular complexity index is 922. The van der Waals surface area contributed by atoms with Gasteiger partial charge in [0.15, 0.2) is 0 Å². The average molecular weight is 514 g/mol. The normalized spacial score (nSPS) is 16.7. The van der Waals surface area contributed by atoms with Gasteiger partial charge in [-0.1, -0.05) is 13.8 Å². The fourth-order valence-electron chi connectivity index (χ4n) is 3.51. The molecule has 2 aromatic heterocycles. The minimum Gasteiger partial charge on any atom is -0.444 e. The summed E-state index contributed by atoms with van der Waals surface area (Å²) in [5.41, 5.74) is 1.07. The molecule has 0 spiro atoms. The average Bonchev–Trinajstić information content (AvgIpc) is 3.38. The molecule has 34 heavy (non-hydrogen) atoms. The lowest BCUT2D eigenvalue weighted by atomic mass is 10.2. The molecule has 0 N–H and O–H groups in total. The first-order valence-electron chi connectivity index (χ1n) is 11.7. The van der Waals surface area contributed by atoms with Gasteiger partial charge in [-0.15, -0.1) is 0 Å². The number of amides is 1. The standard InChI is InChI=1S/C22H34ClN5O3S.C2H6/c1-22(2,3)31-21(29)27-9-7-8-17(27)19-24-14-18(16-12-25-20(23)26-13-16)28(19)15-30-10-11-32(4,5)6;1-2/h12-14,17H,7-11,15H2,1-6H3;1-2H3/t17-;/m0./s1. The molecule has 0 aliphatic carbocycles. The molecule has 3 rings (SSSR count). The molecule has 0 unspecified atom stereocenters. The molecule has 8 nitrogen and oxygen atoms in total. The van der Waals surface area contributed by atoms with Gasteiger partial charge in [-0.25, -0.2) is 29.8 Å². The number of hydrogen-bond donors (Lipinski definition) is 0. The molecule has 10 heteroatoms. The van der Waals surface area contributed by atoms with Gasteiger partial charge < -0.3 is 14.0 Å². The van der Waals surface area contributed by atoms with Crippen LogP contribution < -0.4 is 0 Å². The lowest BCUT2D eigenvalue weighted by Gasteiger charge is -2.29. The second kappa shape index (κ2) is 12.2. The van der Waals surface area contributed by atoms with Crippen LogP contribution in [0.5, 0.6) is 0 Å². The van der Waals surface area contributed by atoms with Gasteiger partial charge in [0.1, 0.15) is 18.2 Å². The molecule has 3 heterocycles. The lowest BCUT2D eigenvalue weighted by molar-refractivity contribution is 0.0205. The smallest absolute Gasteiger partial charge is 0.410 e. The van der Waals surface area contributed by atoms with Crippen molar-refractivity contribution in [2.45, 2.75) is 65.8 Å². The molecule has 192 valence electrons. The van der Waals surface area contributed by atoms with Crippen molar-refractivity contribution < 1.29 is 14.3 Å². The predicted molar refractivity (Wildman–Crippen MR) is 141 cm³/mol. The molecule has 1 amide bonds. The fourth-order valence-corrected chi connectivity index (χ4v) is 4.22. The zero-order chi connectivity index (χ0) is 25.5. The van der Waals surface area contributed by atoms with E-state index in [0.717, 1.165) is 35.7 Å². The number of hydrogen-bond acceptors (Lipinski definition) is 6. The number of imidazole rings is 1. The highest BCUT2D eigenvalue weighted by atomic mass is 35.5. The molecular weight excluding hydrogens is 474 g/mol. The van der Waals surface area contributed by atoms with Crippen molar-refractivity contribution >= 4 is 27.7 Å². The van der Waals surface area contributed by atoms with Crippen LogP contribution in [0.2, 0.25) is 5.28 Å². The van der Waals surface area contributed by atoms with Crippen LogP contribution in [-0.2, 0) is 16.2 Å². The zero-order valence-corrected chi connectivity index (χ0v) is 23.4. The maximum absolute atomic E-state index is 12.8. The van der Waals surface area contributed by atoms with Crippen molar-refractivity contribution in [2.24, 2.45) is 0 Å². The van der Waals surface area contributed by atoms with E-state index >= 15 is 0 Å². The van der Waals surface area contributed by atoms with E-state index in [2.05, 4.69) is 28.7 Å². The number of likely N-dealkylation sites (tertiary alicyclic amines) is 1. The molecule has 0 saturated carbocycles. The van der Waals surface area contributed by atoms with Crippen molar-refractivity contribution in [1.29, 1.82) is 0 Å². The maximum atomic E-state index is 12.8. The molecular formula is C24H40ClN5O3S. The van der Waals surface area contributed by atoms with Gasteiger partial charge in [-0.2, -0.15) is 0 Å². The van der Waals surface area contributed by atoms with E-state index in [4.69, 9.17) is 26.1 Å². The zero-order valence-electron chi connectivity index (χ0n) is 21.8. The quantitative estimate of drug-likeness (QED) is 0.346. The topological polar surface area (TPSA) is 82.4 Å². The summed E-state index contributed by atoms with van der Waals surface area (Å²) in [6.45, 7) is 11.3. The lowest BCUT2D eigenvalue weighted by Crippen LogP contribution is -2.37. The van der Waals surface area contributed by atoms with Gasteiger partial charge in [0, 0.05) is 30.3 Å². The highest BCUT2D eigenvalue weighted by Gasteiger charge is 2.36. The van der Waals surface area contributed by atoms with E-state index in [1.165, 1.54) is 0 Å². The SMILES string of the molecule is CC.CC(C)(C)OC(=O)N1CCC[C@H]1c1ncc(-c2cnc(Cl)nc2)n1COCCS(C)(C)C. The first-order valence-corrected chi connectivity index (χ1v) is 15.1. The van der Waals surface area contributed by atoms with Gasteiger partial charge in [-0.05, 0) is 64.0 Å². The summed E-state index contributed by atoms with van der Waals surface area (Å²) in [6, 6.07) is -0.177. The van der Waals surface area contributed by atoms with E-state index in [1.807, 2.05) is 39.2 Å². The third kappa shape index (κ3) is 8.13. The summed E-state index contributed by atoms with van der Waals surface area (Å²) in [7, 11) is -0.649. The van der Waals surface area contributed by atoms with Crippen LogP contribution in [0.4, 0.5) is 4.79 Å². The summed E-state index contributed by atoms with van der Waals surface area (Å²) >= 11 is 5.87. The third-order valence-electron chi connectivity index (χ3n) is 5.04. The predicted octanol–water partition coefficient (Wildman–Crippen LogP) is 5.76. The maximum Gasteiger partial charge on any atom is 0.410 e. The first kappa shape index (κ1) is 28.4. The Labute approximate surface area is 210 Å². The number of halogens is 1. The summed E-state index contributed by atoms with van der Waals surface area (Å²) < 4.78 is 13.7. The van der Waals surface area contributed by atoms with Gasteiger partial charge in [0.25, 0.3) is 0 Å². The Balaban J connectivity index is 0.00000199. The van der Waals surface area contributed by atoms with Crippen molar-refractivity contribution in [2.75, 3.05) is 37.7 Å². The summed E-state index contributed by atoms with van der Waals surface area (Å²) in [5, 5.41) is 0.191. The molecule has 1 atom stereocenters. The van der Waals surface area contributed by atoms with Crippen LogP contribution in [0.15, 0.2) is 18.6 Å². The van der Waals surface area contributed by atoms with Gasteiger partial charge >= 0.3 is 6.09 Å². The molecule has 1 fully saturated rings. The van der Waals surface area contributed by atoms with Crippen LogP contribution in [0.25, 0.3) is 11.3 Å². The van der Waals surface area contributed by atoms with Crippen LogP contribution >= 0.6 is 21.6 Å². The molecule has 0 radical (unpaired) electrons. The Hall–Kier alpha value is -1.84. The van der Waals surface area contributed by atoms with E-state index < -0.39 is 15.6 Å². The highest BCUT2D eigenvalue weighted by Crippen LogP contribution is 2.36. The monoisotopic (exact) mass is 513 g/mol. The van der Waals surface area contributed by atoms with E-state index in [1.54, 1.807) is 23.5 Å². The van der Waals surface area contributed by atoms with Gasteiger partial charge in [-0.3, -0.25) is 4.90 Å². The number of aromatic nitrogens is 4. The van der Waals surface area contributed by atoms with E-state index in [0.29, 0.717) is 19.9 Å². The van der Waals surface area contributed by atoms with E-state index in [-0.39, 0.29) is 17.4 Å². The fraction of sp³-hybridized carbons (Fsp3) is 0.667. The molecule has 1 aliphatic rings. The minimum atomic E-state index is -0.649. The van der Waals surface area contributed by atoms with Crippen molar-refractivity contribution in [1.82, 2.24) is 24.4 Å². The van der Waals surface area contributed by atoms with Crippen molar-refractivity contribution in [3.05, 3.63) is 29.7 Å². The Kier molecular flexibility index (Phi) is 10.2. The molecule has 1 saturated heterocycles. The van der Waals surface area contributed by atoms with Gasteiger partial charge in [0.05, 0.1) is 24.5 Å². The third-order valence-corrected chi connectivity index (χ3v) is 6.63. The summed E-state index contributed by atoms with van der Waals surface area (Å²) in [6.07, 6.45) is 13.3. The number of nitrogens with zero attached hydrogens (tertiary/aromatic N) is 5. The Morgan fingerprint density at radius 2 is 1.79 bits per heavy atom. The second-order valence-corrected chi connectivity index (χ2v) is 14.8. The number of carbonyl (C=O) groups is 1. The van der Waals surface area contributed by atoms with Crippen LogP contribution in [0.1, 0.15) is 59.3 Å². The second-order valence-electron chi connectivity index (χ2n) is 9.83. The molecule has 1 aliphatic heterocycles. The summed E-state index contributed by atoms with van der Waals surface area (Å²) in [4.78, 5) is 27.5. The summed E-state index contributed by atoms with van der Waals surface area (Å²) in [5.74, 6) is 1.80. The highest BCUT2D eigenvalue weighted by molar-refractivity contribution is 8.32. The van der Waals surface area contributed by atoms with Crippen molar-refractivity contribution in [3.63, 3.8) is 0 Å². The number of carbonyl (C=O) groups excluding carboxylic acids is 1. The van der Waals surface area contributed by atoms with E-state index in [9.17, 15) is 4.79 Å². The van der Waals surface area contributed by atoms with Crippen molar-refractivity contribution in [3.8, 4) is 11.3 Å². The Morgan fingerprint density at radius 1 is 1.15 bits per heavy atom. The Morgan fingerprint density at radius 3 is 2.38 bits per heavy atom. The largest absolute Gasteiger partial charge is 0.444 e. The molecule has 0 aromatic carbocycles. The van der Waals surface area contributed by atoms with Crippen LogP contribution in [0, 0.1) is 0 Å².